The number of hydrogen-bond acceptors (Lipinski definition) is 7. The van der Waals surface area contributed by atoms with Crippen LogP contribution in [0, 0.1) is 0 Å². The lowest BCUT2D eigenvalue weighted by atomic mass is 10.0. The molecule has 0 saturated carbocycles. The number of morpholine rings is 1. The van der Waals surface area contributed by atoms with Gasteiger partial charge in [0.05, 0.1) is 31.1 Å². The second kappa shape index (κ2) is 10.9. The smallest absolute Gasteiger partial charge is 0.319 e. The number of aromatic nitrogens is 2. The highest BCUT2D eigenvalue weighted by Gasteiger charge is 2.30. The Bertz CT molecular complexity index is 1020. The molecule has 2 fully saturated rings. The summed E-state index contributed by atoms with van der Waals surface area (Å²) in [5, 5.41) is 5.60. The summed E-state index contributed by atoms with van der Waals surface area (Å²) in [4.78, 5) is 26.9. The van der Waals surface area contributed by atoms with Gasteiger partial charge in [-0.05, 0) is 57.4 Å². The van der Waals surface area contributed by atoms with E-state index >= 15 is 0 Å². The normalized spacial score (nSPS) is 22.6. The average Bonchev–Trinajstić information content (AvgIpc) is 3.37. The van der Waals surface area contributed by atoms with Gasteiger partial charge in [-0.2, -0.15) is 0 Å². The number of ether oxygens (including phenoxy) is 2. The Labute approximate surface area is 207 Å². The first-order chi connectivity index (χ1) is 17.1. The van der Waals surface area contributed by atoms with Gasteiger partial charge < -0.3 is 25.0 Å². The molecule has 5 rings (SSSR count). The number of hydrogen-bond donors (Lipinski definition) is 2. The summed E-state index contributed by atoms with van der Waals surface area (Å²) in [6.45, 7) is 10.6. The van der Waals surface area contributed by atoms with Gasteiger partial charge >= 0.3 is 6.03 Å². The molecule has 0 aliphatic carbocycles. The van der Waals surface area contributed by atoms with Gasteiger partial charge in [-0.25, -0.2) is 14.8 Å². The number of carbonyl (C=O) groups is 1. The van der Waals surface area contributed by atoms with Crippen molar-refractivity contribution in [3.63, 3.8) is 0 Å². The van der Waals surface area contributed by atoms with Crippen LogP contribution >= 0.6 is 0 Å². The van der Waals surface area contributed by atoms with E-state index in [1.807, 2.05) is 31.2 Å². The van der Waals surface area contributed by atoms with E-state index in [0.717, 1.165) is 80.6 Å². The van der Waals surface area contributed by atoms with Crippen LogP contribution in [0.15, 0.2) is 24.3 Å². The van der Waals surface area contributed by atoms with E-state index in [0.29, 0.717) is 25.9 Å². The van der Waals surface area contributed by atoms with Gasteiger partial charge in [-0.15, -0.1) is 0 Å². The maximum absolute atomic E-state index is 11.9. The van der Waals surface area contributed by atoms with Crippen LogP contribution in [0.2, 0.25) is 0 Å². The Kier molecular flexibility index (Phi) is 7.46. The molecule has 2 aromatic rings. The number of benzene rings is 1. The molecule has 0 spiro atoms. The molecule has 9 nitrogen and oxygen atoms in total. The van der Waals surface area contributed by atoms with Crippen molar-refractivity contribution in [2.24, 2.45) is 0 Å². The van der Waals surface area contributed by atoms with Crippen LogP contribution in [0.3, 0.4) is 0 Å². The first-order valence-electron chi connectivity index (χ1n) is 12.8. The van der Waals surface area contributed by atoms with E-state index in [1.54, 1.807) is 0 Å². The van der Waals surface area contributed by atoms with Crippen molar-refractivity contribution in [3.05, 3.63) is 35.5 Å². The molecule has 2 saturated heterocycles. The number of nitrogens with one attached hydrogen (secondary N) is 2. The summed E-state index contributed by atoms with van der Waals surface area (Å²) in [5.41, 5.74) is 4.05. The Balaban J connectivity index is 1.43. The fourth-order valence-corrected chi connectivity index (χ4v) is 5.14. The van der Waals surface area contributed by atoms with Crippen molar-refractivity contribution in [1.82, 2.24) is 20.2 Å². The standard InChI is InChI=1S/C26H36N6O3/c1-3-27-26(33)28-20-8-6-19(7-9-20)24-29-23-16-31(15-21-5-4-13-35-21)11-10-22(23)25(30-24)32-12-14-34-17-18(32)2/h6-9,18,21H,3-5,10-17H2,1-2H3,(H2,27,28,33)/t18-,21+/m0/s1. The summed E-state index contributed by atoms with van der Waals surface area (Å²) >= 11 is 0. The lowest BCUT2D eigenvalue weighted by Gasteiger charge is -2.38. The predicted molar refractivity (Wildman–Crippen MR) is 136 cm³/mol. The van der Waals surface area contributed by atoms with Crippen molar-refractivity contribution in [3.8, 4) is 11.4 Å². The molecular weight excluding hydrogens is 444 g/mol. The summed E-state index contributed by atoms with van der Waals surface area (Å²) in [6, 6.07) is 7.80. The van der Waals surface area contributed by atoms with Crippen molar-refractivity contribution in [2.45, 2.75) is 51.8 Å². The molecule has 3 aliphatic heterocycles. The summed E-state index contributed by atoms with van der Waals surface area (Å²) < 4.78 is 11.6. The molecule has 4 heterocycles. The van der Waals surface area contributed by atoms with Crippen molar-refractivity contribution < 1.29 is 14.3 Å². The predicted octanol–water partition coefficient (Wildman–Crippen LogP) is 3.05. The minimum Gasteiger partial charge on any atom is -0.377 e. The van der Waals surface area contributed by atoms with Crippen LogP contribution in [-0.4, -0.2) is 79.0 Å². The third-order valence-electron chi connectivity index (χ3n) is 6.99. The van der Waals surface area contributed by atoms with Crippen LogP contribution in [0.4, 0.5) is 16.3 Å². The zero-order valence-corrected chi connectivity index (χ0v) is 20.8. The Hall–Kier alpha value is -2.75. The first kappa shape index (κ1) is 24.0. The van der Waals surface area contributed by atoms with Gasteiger partial charge in [0.15, 0.2) is 5.82 Å². The van der Waals surface area contributed by atoms with E-state index in [4.69, 9.17) is 19.4 Å². The average molecular weight is 481 g/mol. The molecule has 2 atom stereocenters. The quantitative estimate of drug-likeness (QED) is 0.657. The van der Waals surface area contributed by atoms with Gasteiger partial charge in [0, 0.05) is 56.1 Å². The lowest BCUT2D eigenvalue weighted by Crippen LogP contribution is -2.45. The van der Waals surface area contributed by atoms with E-state index < -0.39 is 0 Å². The highest BCUT2D eigenvalue weighted by Crippen LogP contribution is 2.32. The molecule has 9 heteroatoms. The Morgan fingerprint density at radius 2 is 2.03 bits per heavy atom. The molecule has 188 valence electrons. The highest BCUT2D eigenvalue weighted by atomic mass is 16.5. The Morgan fingerprint density at radius 1 is 1.17 bits per heavy atom. The van der Waals surface area contributed by atoms with Crippen molar-refractivity contribution in [1.29, 1.82) is 0 Å². The number of rotatable bonds is 6. The monoisotopic (exact) mass is 480 g/mol. The number of carbonyl (C=O) groups excluding carboxylic acids is 1. The van der Waals surface area contributed by atoms with E-state index in [9.17, 15) is 4.79 Å². The Morgan fingerprint density at radius 3 is 2.77 bits per heavy atom. The third-order valence-corrected chi connectivity index (χ3v) is 6.99. The molecule has 0 bridgehead atoms. The molecule has 35 heavy (non-hydrogen) atoms. The maximum atomic E-state index is 11.9. The molecule has 1 aromatic carbocycles. The number of nitrogens with zero attached hydrogens (tertiary/aromatic N) is 4. The highest BCUT2D eigenvalue weighted by molar-refractivity contribution is 5.89. The maximum Gasteiger partial charge on any atom is 0.319 e. The first-order valence-corrected chi connectivity index (χ1v) is 12.8. The van der Waals surface area contributed by atoms with Crippen LogP contribution in [-0.2, 0) is 22.4 Å². The fourth-order valence-electron chi connectivity index (χ4n) is 5.14. The molecule has 1 aromatic heterocycles. The zero-order chi connectivity index (χ0) is 24.2. The van der Waals surface area contributed by atoms with E-state index in [2.05, 4.69) is 27.4 Å². The molecule has 2 N–H and O–H groups in total. The molecule has 3 aliphatic rings. The molecule has 2 amide bonds. The second-order valence-electron chi connectivity index (χ2n) is 9.60. The SMILES string of the molecule is CCNC(=O)Nc1ccc(-c2nc3c(c(N4CCOC[C@@H]4C)n2)CCN(C[C@H]2CCCO2)C3)cc1. The molecule has 0 unspecified atom stereocenters. The van der Waals surface area contributed by atoms with Crippen LogP contribution in [0.1, 0.15) is 37.9 Å². The summed E-state index contributed by atoms with van der Waals surface area (Å²) in [6.07, 6.45) is 3.58. The second-order valence-corrected chi connectivity index (χ2v) is 9.60. The topological polar surface area (TPSA) is 91.9 Å². The van der Waals surface area contributed by atoms with Gasteiger partial charge in [-0.3, -0.25) is 4.90 Å². The van der Waals surface area contributed by atoms with Crippen LogP contribution < -0.4 is 15.5 Å². The molecular formula is C26H36N6O3. The number of anilines is 2. The van der Waals surface area contributed by atoms with E-state index in [-0.39, 0.29) is 12.1 Å². The zero-order valence-electron chi connectivity index (χ0n) is 20.8. The largest absolute Gasteiger partial charge is 0.377 e. The number of amides is 2. The number of urea groups is 1. The summed E-state index contributed by atoms with van der Waals surface area (Å²) in [5.74, 6) is 1.77. The van der Waals surface area contributed by atoms with Gasteiger partial charge in [0.2, 0.25) is 0 Å². The fraction of sp³-hybridized carbons (Fsp3) is 0.577. The minimum atomic E-state index is -0.208. The third kappa shape index (κ3) is 5.58. The van der Waals surface area contributed by atoms with Crippen LogP contribution in [0.5, 0.6) is 0 Å². The van der Waals surface area contributed by atoms with Gasteiger partial charge in [0.1, 0.15) is 5.82 Å². The van der Waals surface area contributed by atoms with Gasteiger partial charge in [-0.1, -0.05) is 0 Å². The number of fused-ring (bicyclic) bond motifs is 1. The van der Waals surface area contributed by atoms with Crippen LogP contribution in [0.25, 0.3) is 11.4 Å². The van der Waals surface area contributed by atoms with E-state index in [1.165, 1.54) is 5.56 Å². The van der Waals surface area contributed by atoms with Crippen molar-refractivity contribution in [2.75, 3.05) is 56.2 Å². The van der Waals surface area contributed by atoms with Crippen molar-refractivity contribution >= 4 is 17.5 Å². The van der Waals surface area contributed by atoms with Gasteiger partial charge in [0.25, 0.3) is 0 Å². The lowest BCUT2D eigenvalue weighted by molar-refractivity contribution is 0.0681. The summed E-state index contributed by atoms with van der Waals surface area (Å²) in [7, 11) is 0. The molecule has 0 radical (unpaired) electrons. The minimum absolute atomic E-state index is 0.208.